The Morgan fingerprint density at radius 1 is 1.42 bits per heavy atom. The summed E-state index contributed by atoms with van der Waals surface area (Å²) < 4.78 is 5.47. The van der Waals surface area contributed by atoms with Gasteiger partial charge in [0.15, 0.2) is 6.61 Å². The van der Waals surface area contributed by atoms with E-state index in [1.165, 1.54) is 12.1 Å². The number of ether oxygens (including phenoxy) is 1. The molecule has 0 saturated carbocycles. The summed E-state index contributed by atoms with van der Waals surface area (Å²) in [5.41, 5.74) is -0.0429. The topological polar surface area (TPSA) is 84.7 Å². The zero-order chi connectivity index (χ0) is 16.7. The number of carbonyl (C=O) groups excluding carboxylic acids is 1. The van der Waals surface area contributed by atoms with Gasteiger partial charge < -0.3 is 15.0 Å². The molecule has 0 aromatic heterocycles. The lowest BCUT2D eigenvalue weighted by Gasteiger charge is -2.34. The molecule has 0 spiro atoms. The van der Waals surface area contributed by atoms with Gasteiger partial charge in [0.1, 0.15) is 5.75 Å². The second-order valence-electron chi connectivity index (χ2n) is 5.61. The van der Waals surface area contributed by atoms with Gasteiger partial charge in [-0.1, -0.05) is 13.0 Å². The molecular formula is C16H24ClN3O4. The highest BCUT2D eigenvalue weighted by molar-refractivity contribution is 5.85. The van der Waals surface area contributed by atoms with Crippen LogP contribution in [-0.2, 0) is 4.79 Å². The second kappa shape index (κ2) is 10.1. The Morgan fingerprint density at radius 2 is 2.12 bits per heavy atom. The van der Waals surface area contributed by atoms with E-state index in [0.717, 1.165) is 32.4 Å². The minimum Gasteiger partial charge on any atom is -0.484 e. The molecule has 1 saturated heterocycles. The number of hydrogen-bond acceptors (Lipinski definition) is 5. The van der Waals surface area contributed by atoms with Crippen molar-refractivity contribution < 1.29 is 14.5 Å². The first-order valence-corrected chi connectivity index (χ1v) is 7.99. The monoisotopic (exact) mass is 357 g/mol. The highest BCUT2D eigenvalue weighted by Crippen LogP contribution is 2.19. The smallest absolute Gasteiger partial charge is 0.273 e. The summed E-state index contributed by atoms with van der Waals surface area (Å²) in [6.45, 7) is 4.50. The van der Waals surface area contributed by atoms with Crippen LogP contribution in [0.1, 0.15) is 26.2 Å². The molecule has 1 fully saturated rings. The normalized spacial score (nSPS) is 14.5. The Labute approximate surface area is 147 Å². The molecule has 1 aliphatic rings. The summed E-state index contributed by atoms with van der Waals surface area (Å²) >= 11 is 0. The highest BCUT2D eigenvalue weighted by atomic mass is 35.5. The lowest BCUT2D eigenvalue weighted by Crippen LogP contribution is -2.48. The third-order valence-corrected chi connectivity index (χ3v) is 3.93. The van der Waals surface area contributed by atoms with Crippen molar-refractivity contribution in [1.82, 2.24) is 10.2 Å². The van der Waals surface area contributed by atoms with Gasteiger partial charge in [-0.05, 0) is 38.4 Å². The summed E-state index contributed by atoms with van der Waals surface area (Å²) in [4.78, 5) is 24.6. The molecular weight excluding hydrogens is 334 g/mol. The van der Waals surface area contributed by atoms with Crippen molar-refractivity contribution in [1.29, 1.82) is 0 Å². The Morgan fingerprint density at radius 3 is 2.75 bits per heavy atom. The average molecular weight is 358 g/mol. The van der Waals surface area contributed by atoms with Crippen molar-refractivity contribution in [2.75, 3.05) is 26.2 Å². The van der Waals surface area contributed by atoms with Gasteiger partial charge in [-0.2, -0.15) is 0 Å². The van der Waals surface area contributed by atoms with E-state index in [-0.39, 0.29) is 36.7 Å². The minimum absolute atomic E-state index is 0. The number of amides is 1. The summed E-state index contributed by atoms with van der Waals surface area (Å²) in [5, 5.41) is 14.1. The van der Waals surface area contributed by atoms with E-state index in [9.17, 15) is 14.9 Å². The van der Waals surface area contributed by atoms with E-state index in [4.69, 9.17) is 4.74 Å². The van der Waals surface area contributed by atoms with Crippen molar-refractivity contribution in [3.8, 4) is 5.75 Å². The van der Waals surface area contributed by atoms with Crippen LogP contribution in [0.3, 0.4) is 0 Å². The average Bonchev–Trinajstić information content (AvgIpc) is 2.58. The Balaban J connectivity index is 0.00000288. The van der Waals surface area contributed by atoms with Crippen LogP contribution in [-0.4, -0.2) is 48.0 Å². The van der Waals surface area contributed by atoms with Crippen molar-refractivity contribution in [2.24, 2.45) is 0 Å². The second-order valence-corrected chi connectivity index (χ2v) is 5.61. The zero-order valence-corrected chi connectivity index (χ0v) is 14.6. The molecule has 0 radical (unpaired) electrons. The quantitative estimate of drug-likeness (QED) is 0.598. The van der Waals surface area contributed by atoms with Gasteiger partial charge in [0.05, 0.1) is 11.0 Å². The molecule has 1 aromatic carbocycles. The first-order valence-electron chi connectivity index (χ1n) is 7.99. The molecule has 2 rings (SSSR count). The number of non-ortho nitro benzene ring substituents is 1. The molecule has 0 aliphatic carbocycles. The van der Waals surface area contributed by atoms with Gasteiger partial charge >= 0.3 is 0 Å². The van der Waals surface area contributed by atoms with Crippen molar-refractivity contribution in [2.45, 2.75) is 32.2 Å². The van der Waals surface area contributed by atoms with E-state index >= 15 is 0 Å². The van der Waals surface area contributed by atoms with Gasteiger partial charge in [-0.15, -0.1) is 12.4 Å². The van der Waals surface area contributed by atoms with E-state index in [0.29, 0.717) is 12.3 Å². The first kappa shape index (κ1) is 20.2. The maximum Gasteiger partial charge on any atom is 0.273 e. The van der Waals surface area contributed by atoms with Crippen LogP contribution in [0, 0.1) is 10.1 Å². The zero-order valence-electron chi connectivity index (χ0n) is 13.8. The van der Waals surface area contributed by atoms with Crippen molar-refractivity contribution >= 4 is 24.0 Å². The van der Waals surface area contributed by atoms with E-state index < -0.39 is 4.92 Å². The molecule has 7 nitrogen and oxygen atoms in total. The van der Waals surface area contributed by atoms with Crippen LogP contribution < -0.4 is 10.1 Å². The summed E-state index contributed by atoms with van der Waals surface area (Å²) in [6.07, 6.45) is 2.79. The first-order chi connectivity index (χ1) is 11.1. The number of nitrogens with one attached hydrogen (secondary N) is 1. The summed E-state index contributed by atoms with van der Waals surface area (Å²) in [5.74, 6) is 0.277. The van der Waals surface area contributed by atoms with Crippen LogP contribution in [0.2, 0.25) is 0 Å². The minimum atomic E-state index is -0.479. The predicted octanol–water partition coefficient (Wildman–Crippen LogP) is 2.39. The molecule has 1 amide bonds. The molecule has 24 heavy (non-hydrogen) atoms. The van der Waals surface area contributed by atoms with Gasteiger partial charge in [0, 0.05) is 18.7 Å². The van der Waals surface area contributed by atoms with Crippen molar-refractivity contribution in [3.63, 3.8) is 0 Å². The van der Waals surface area contributed by atoms with E-state index in [2.05, 4.69) is 5.32 Å². The Bertz CT molecular complexity index is 550. The standard InChI is InChI=1S/C16H23N3O4.ClH/c1-2-10-18(13-6-8-17-9-7-13)16(20)12-23-15-5-3-4-14(11-15)19(21)22;/h3-5,11,13,17H,2,6-10,12H2,1H3;1H. The molecule has 1 aromatic rings. The predicted molar refractivity (Wildman–Crippen MR) is 93.7 cm³/mol. The molecule has 1 heterocycles. The lowest BCUT2D eigenvalue weighted by molar-refractivity contribution is -0.384. The van der Waals surface area contributed by atoms with Gasteiger partial charge in [-0.25, -0.2) is 0 Å². The molecule has 8 heteroatoms. The van der Waals surface area contributed by atoms with Crippen LogP contribution >= 0.6 is 12.4 Å². The van der Waals surface area contributed by atoms with Crippen molar-refractivity contribution in [3.05, 3.63) is 34.4 Å². The number of benzene rings is 1. The SMILES string of the molecule is CCCN(C(=O)COc1cccc([N+](=O)[O-])c1)C1CCNCC1.Cl. The van der Waals surface area contributed by atoms with Gasteiger partial charge in [-0.3, -0.25) is 14.9 Å². The Kier molecular flexibility index (Phi) is 8.49. The summed E-state index contributed by atoms with van der Waals surface area (Å²) in [6, 6.07) is 6.15. The Hall–Kier alpha value is -1.86. The van der Waals surface area contributed by atoms with Gasteiger partial charge in [0.2, 0.25) is 0 Å². The fourth-order valence-electron chi connectivity index (χ4n) is 2.79. The number of nitro benzene ring substituents is 1. The van der Waals surface area contributed by atoms with Crippen LogP contribution in [0.4, 0.5) is 5.69 Å². The molecule has 0 atom stereocenters. The number of halogens is 1. The third-order valence-electron chi connectivity index (χ3n) is 3.93. The molecule has 134 valence electrons. The number of hydrogen-bond donors (Lipinski definition) is 1. The highest BCUT2D eigenvalue weighted by Gasteiger charge is 2.24. The molecule has 0 unspecified atom stereocenters. The lowest BCUT2D eigenvalue weighted by atomic mass is 10.0. The maximum atomic E-state index is 12.5. The fourth-order valence-corrected chi connectivity index (χ4v) is 2.79. The largest absolute Gasteiger partial charge is 0.484 e. The van der Waals surface area contributed by atoms with E-state index in [1.54, 1.807) is 12.1 Å². The third kappa shape index (κ3) is 5.65. The molecule has 1 aliphatic heterocycles. The van der Waals surface area contributed by atoms with Gasteiger partial charge in [0.25, 0.3) is 11.6 Å². The number of nitro groups is 1. The summed E-state index contributed by atoms with van der Waals surface area (Å²) in [7, 11) is 0. The molecule has 1 N–H and O–H groups in total. The van der Waals surface area contributed by atoms with Crippen LogP contribution in [0.15, 0.2) is 24.3 Å². The van der Waals surface area contributed by atoms with E-state index in [1.807, 2.05) is 11.8 Å². The number of nitrogens with zero attached hydrogens (tertiary/aromatic N) is 2. The molecule has 0 bridgehead atoms. The van der Waals surface area contributed by atoms with Crippen LogP contribution in [0.25, 0.3) is 0 Å². The number of carbonyl (C=O) groups is 1. The number of piperidine rings is 1. The number of rotatable bonds is 7. The fraction of sp³-hybridized carbons (Fsp3) is 0.562. The van der Waals surface area contributed by atoms with Crippen LogP contribution in [0.5, 0.6) is 5.75 Å². The maximum absolute atomic E-state index is 12.5.